The van der Waals surface area contributed by atoms with Crippen molar-refractivity contribution in [2.75, 3.05) is 68.6 Å². The van der Waals surface area contributed by atoms with Gasteiger partial charge in [0.15, 0.2) is 11.6 Å². The van der Waals surface area contributed by atoms with Gasteiger partial charge in [-0.3, -0.25) is 38.8 Å². The number of imide groups is 1. The monoisotopic (exact) mass is 1060 g/mol. The van der Waals surface area contributed by atoms with E-state index in [1.54, 1.807) is 29.1 Å². The number of hydrogen-bond acceptors (Lipinski definition) is 15. The maximum absolute atomic E-state index is 14.7. The molecule has 1 saturated heterocycles. The molecular weight excluding hydrogens is 1010 g/mol. The molecule has 5 amide bonds. The summed E-state index contributed by atoms with van der Waals surface area (Å²) in [5, 5.41) is 16.2. The molecule has 396 valence electrons. The van der Waals surface area contributed by atoms with Crippen LogP contribution in [0.25, 0.3) is 22.0 Å². The number of carbonyl (C=O) groups excluding carboxylic acids is 5. The third-order valence-electron chi connectivity index (χ3n) is 11.9. The molecule has 8 rings (SSSR count). The van der Waals surface area contributed by atoms with Gasteiger partial charge in [-0.15, -0.1) is 5.10 Å². The quantitative estimate of drug-likeness (QED) is 0.0406. The molecule has 0 bridgehead atoms. The summed E-state index contributed by atoms with van der Waals surface area (Å²) in [5.74, 6) is -4.53. The summed E-state index contributed by atoms with van der Waals surface area (Å²) in [6, 6.07) is 12.7. The Bertz CT molecular complexity index is 3310. The van der Waals surface area contributed by atoms with Gasteiger partial charge in [0.2, 0.25) is 27.7 Å². The predicted molar refractivity (Wildman–Crippen MR) is 264 cm³/mol. The predicted octanol–water partition coefficient (Wildman–Crippen LogP) is 3.35. The molecule has 2 aliphatic heterocycles. The lowest BCUT2D eigenvalue weighted by atomic mass is 10.0. The molecule has 3 aromatic carbocycles. The Kier molecular flexibility index (Phi) is 17.1. The maximum Gasteiger partial charge on any atom is 0.274 e. The summed E-state index contributed by atoms with van der Waals surface area (Å²) < 4.78 is 86.7. The summed E-state index contributed by atoms with van der Waals surface area (Å²) in [5.41, 5.74) is 2.11. The molecule has 2 aliphatic rings. The van der Waals surface area contributed by atoms with Crippen LogP contribution in [0.4, 0.5) is 20.2 Å². The first-order valence-corrected chi connectivity index (χ1v) is 25.3. The third kappa shape index (κ3) is 13.3. The lowest BCUT2D eigenvalue weighted by Gasteiger charge is -2.29. The van der Waals surface area contributed by atoms with Crippen LogP contribution in [0.3, 0.4) is 0 Å². The van der Waals surface area contributed by atoms with Gasteiger partial charge in [-0.05, 0) is 61.9 Å². The zero-order valence-electron chi connectivity index (χ0n) is 40.6. The number of halogens is 2. The van der Waals surface area contributed by atoms with Crippen molar-refractivity contribution < 1.29 is 64.9 Å². The van der Waals surface area contributed by atoms with E-state index in [-0.39, 0.29) is 116 Å². The second-order valence-corrected chi connectivity index (χ2v) is 19.2. The van der Waals surface area contributed by atoms with Crippen molar-refractivity contribution in [1.29, 1.82) is 0 Å². The molecule has 0 saturated carbocycles. The SMILES string of the molecule is CCS(=O)(=O)Nc1ccc(Oc2ccc(F)cc2F)c(-c2cn(C)c(=O)c3[nH]c(C(=O)NCc4cn(CCOCCOCCOCCOCC(=O)Nc5cccc6c5CN(C5CCC(=O)NC5=O)C6=O)nn4)cc23)c1. The number of aryl methyl sites for hydroxylation is 1. The number of piperidine rings is 1. The lowest BCUT2D eigenvalue weighted by Crippen LogP contribution is -2.52. The Balaban J connectivity index is 0.730. The fourth-order valence-electron chi connectivity index (χ4n) is 8.16. The van der Waals surface area contributed by atoms with Crippen molar-refractivity contribution in [1.82, 2.24) is 40.1 Å². The van der Waals surface area contributed by atoms with Gasteiger partial charge >= 0.3 is 0 Å². The van der Waals surface area contributed by atoms with Gasteiger partial charge < -0.3 is 48.8 Å². The van der Waals surface area contributed by atoms with Crippen molar-refractivity contribution in [2.24, 2.45) is 7.05 Å². The number of sulfonamides is 1. The van der Waals surface area contributed by atoms with E-state index in [0.29, 0.717) is 60.5 Å². The average molecular weight is 1060 g/mol. The van der Waals surface area contributed by atoms with Crippen LogP contribution in [-0.4, -0.2) is 132 Å². The van der Waals surface area contributed by atoms with E-state index in [4.69, 9.17) is 23.7 Å². The van der Waals surface area contributed by atoms with Crippen LogP contribution in [-0.2, 0) is 70.0 Å². The van der Waals surface area contributed by atoms with Crippen molar-refractivity contribution in [3.05, 3.63) is 118 Å². The van der Waals surface area contributed by atoms with Gasteiger partial charge in [-0.25, -0.2) is 21.9 Å². The van der Waals surface area contributed by atoms with E-state index in [2.05, 4.69) is 36.0 Å². The number of nitrogens with zero attached hydrogens (tertiary/aromatic N) is 5. The average Bonchev–Trinajstić information content (AvgIpc) is 4.13. The number of nitrogens with one attached hydrogen (secondary N) is 5. The third-order valence-corrected chi connectivity index (χ3v) is 13.2. The van der Waals surface area contributed by atoms with Gasteiger partial charge in [0, 0.05) is 71.3 Å². The molecule has 1 atom stereocenters. The molecule has 5 N–H and O–H groups in total. The first-order chi connectivity index (χ1) is 36.1. The normalized spacial score (nSPS) is 14.5. The summed E-state index contributed by atoms with van der Waals surface area (Å²) in [4.78, 5) is 80.7. The molecule has 0 spiro atoms. The van der Waals surface area contributed by atoms with E-state index in [0.717, 1.165) is 12.1 Å². The van der Waals surface area contributed by atoms with Gasteiger partial charge in [0.25, 0.3) is 17.4 Å². The van der Waals surface area contributed by atoms with Crippen molar-refractivity contribution in [3.8, 4) is 22.6 Å². The molecule has 26 heteroatoms. The highest BCUT2D eigenvalue weighted by molar-refractivity contribution is 7.92. The Hall–Kier alpha value is -7.91. The number of amides is 5. The number of H-pyrrole nitrogens is 1. The number of anilines is 2. The molecule has 1 fully saturated rings. The largest absolute Gasteiger partial charge is 0.454 e. The maximum atomic E-state index is 14.7. The molecule has 75 heavy (non-hydrogen) atoms. The Morgan fingerprint density at radius 1 is 0.853 bits per heavy atom. The van der Waals surface area contributed by atoms with Crippen LogP contribution in [0.15, 0.2) is 77.9 Å². The van der Waals surface area contributed by atoms with Gasteiger partial charge in [-0.2, -0.15) is 0 Å². The van der Waals surface area contributed by atoms with E-state index < -0.39 is 51.0 Å². The minimum Gasteiger partial charge on any atom is -0.454 e. The first-order valence-electron chi connectivity index (χ1n) is 23.6. The first kappa shape index (κ1) is 53.4. The summed E-state index contributed by atoms with van der Waals surface area (Å²) in [7, 11) is -2.24. The van der Waals surface area contributed by atoms with Crippen LogP contribution < -0.4 is 31.0 Å². The lowest BCUT2D eigenvalue weighted by molar-refractivity contribution is -0.137. The summed E-state index contributed by atoms with van der Waals surface area (Å²) in [6.07, 6.45) is 3.47. The number of aromatic nitrogens is 5. The Morgan fingerprint density at radius 2 is 1.59 bits per heavy atom. The van der Waals surface area contributed by atoms with Crippen molar-refractivity contribution in [3.63, 3.8) is 0 Å². The highest BCUT2D eigenvalue weighted by atomic mass is 32.2. The number of rotatable bonds is 25. The van der Waals surface area contributed by atoms with Gasteiger partial charge in [-0.1, -0.05) is 11.3 Å². The number of pyridine rings is 1. The van der Waals surface area contributed by atoms with E-state index in [9.17, 15) is 46.0 Å². The molecule has 6 aromatic rings. The second kappa shape index (κ2) is 24.0. The van der Waals surface area contributed by atoms with E-state index in [1.165, 1.54) is 53.9 Å². The molecule has 0 aliphatic carbocycles. The number of hydrogen-bond donors (Lipinski definition) is 5. The molecule has 3 aromatic heterocycles. The zero-order valence-corrected chi connectivity index (χ0v) is 41.4. The number of benzene rings is 3. The zero-order chi connectivity index (χ0) is 53.2. The van der Waals surface area contributed by atoms with Crippen LogP contribution in [0, 0.1) is 11.6 Å². The molecule has 1 unspecified atom stereocenters. The molecule has 0 radical (unpaired) electrons. The minimum atomic E-state index is -3.73. The topological polar surface area (TPSA) is 285 Å². The molecular formula is C49H52F2N10O13S. The van der Waals surface area contributed by atoms with E-state index in [1.807, 2.05) is 0 Å². The van der Waals surface area contributed by atoms with Gasteiger partial charge in [0.1, 0.15) is 41.1 Å². The summed E-state index contributed by atoms with van der Waals surface area (Å²) >= 11 is 0. The van der Waals surface area contributed by atoms with E-state index >= 15 is 0 Å². The van der Waals surface area contributed by atoms with Crippen LogP contribution in [0.2, 0.25) is 0 Å². The smallest absolute Gasteiger partial charge is 0.274 e. The van der Waals surface area contributed by atoms with Crippen molar-refractivity contribution >= 4 is 61.8 Å². The minimum absolute atomic E-state index is 0.0173. The van der Waals surface area contributed by atoms with Crippen LogP contribution in [0.5, 0.6) is 11.5 Å². The van der Waals surface area contributed by atoms with Crippen LogP contribution >= 0.6 is 0 Å². The number of aromatic amines is 1. The number of fused-ring (bicyclic) bond motifs is 2. The Labute approximate surface area is 426 Å². The second-order valence-electron chi connectivity index (χ2n) is 17.1. The number of carbonyl (C=O) groups is 5. The standard InChI is InChI=1S/C49H52F2N10O13S/c1-3-75(68,69)57-30-8-11-41(74-42-10-7-29(50)21-37(42)51)33(22-30)35-26-59(2)49(67)45-34(35)23-39(54-45)46(64)52-24-31-25-60(58-56-31)13-14-70-15-16-71-17-18-72-19-20-73-28-44(63)53-38-6-4-5-32-36(38)27-61(48(32)66)40-9-12-43(62)55-47(40)65/h4-8,10-11,21-23,25-26,40,54,57H,3,9,12-20,24,27-28H2,1-2H3,(H,52,64)(H,53,63)(H,55,62,65). The Morgan fingerprint density at radius 3 is 2.32 bits per heavy atom. The number of ether oxygens (including phenoxy) is 5. The fraction of sp³-hybridized carbons (Fsp3) is 0.347. The molecule has 5 heterocycles. The van der Waals surface area contributed by atoms with Gasteiger partial charge in [0.05, 0.1) is 71.3 Å². The highest BCUT2D eigenvalue weighted by Gasteiger charge is 2.40. The van der Waals surface area contributed by atoms with Crippen molar-refractivity contribution in [2.45, 2.75) is 45.4 Å². The van der Waals surface area contributed by atoms with Crippen LogP contribution in [0.1, 0.15) is 51.9 Å². The summed E-state index contributed by atoms with van der Waals surface area (Å²) in [6.45, 7) is 3.49. The highest BCUT2D eigenvalue weighted by Crippen LogP contribution is 2.40. The fourth-order valence-corrected chi connectivity index (χ4v) is 8.79. The molecule has 23 nitrogen and oxygen atoms in total.